The molecule has 25 heavy (non-hydrogen) atoms. The van der Waals surface area contributed by atoms with E-state index in [1.807, 2.05) is 48.5 Å². The van der Waals surface area contributed by atoms with Crippen molar-refractivity contribution in [2.45, 2.75) is 19.3 Å². The van der Waals surface area contributed by atoms with Gasteiger partial charge >= 0.3 is 0 Å². The van der Waals surface area contributed by atoms with Crippen molar-refractivity contribution in [2.75, 3.05) is 10.6 Å². The van der Waals surface area contributed by atoms with Crippen molar-refractivity contribution in [1.29, 1.82) is 0 Å². The lowest BCUT2D eigenvalue weighted by atomic mass is 9.74. The van der Waals surface area contributed by atoms with Crippen molar-refractivity contribution >= 4 is 23.0 Å². The van der Waals surface area contributed by atoms with Gasteiger partial charge in [0.2, 0.25) is 17.8 Å². The van der Waals surface area contributed by atoms with Gasteiger partial charge in [0.15, 0.2) is 0 Å². The van der Waals surface area contributed by atoms with Gasteiger partial charge in [0, 0.05) is 5.41 Å². The standard InChI is InChI=1S/C19H16F2N4/c1-19(2)11-7-3-5-9-13(11)25(14-10-6-4-8-12(14)19)18-23-16(20)15(22)17(21)24-18/h3-10H,22H2,1-2H3. The van der Waals surface area contributed by atoms with Crippen LogP contribution >= 0.6 is 0 Å². The topological polar surface area (TPSA) is 55.0 Å². The van der Waals surface area contributed by atoms with Crippen LogP contribution in [-0.4, -0.2) is 9.97 Å². The number of nitrogens with zero attached hydrogens (tertiary/aromatic N) is 3. The Labute approximate surface area is 144 Å². The lowest BCUT2D eigenvalue weighted by molar-refractivity contribution is 0.534. The van der Waals surface area contributed by atoms with E-state index in [9.17, 15) is 8.78 Å². The summed E-state index contributed by atoms with van der Waals surface area (Å²) in [7, 11) is 0. The Hall–Kier alpha value is -3.02. The molecule has 0 amide bonds. The fourth-order valence-electron chi connectivity index (χ4n) is 3.39. The highest BCUT2D eigenvalue weighted by atomic mass is 19.1. The van der Waals surface area contributed by atoms with Crippen molar-refractivity contribution in [2.24, 2.45) is 0 Å². The third-order valence-corrected chi connectivity index (χ3v) is 4.68. The molecule has 1 aliphatic heterocycles. The number of anilines is 4. The molecule has 0 saturated heterocycles. The van der Waals surface area contributed by atoms with E-state index in [-0.39, 0.29) is 11.4 Å². The van der Waals surface area contributed by atoms with Crippen LogP contribution in [0.4, 0.5) is 31.8 Å². The molecule has 4 rings (SSSR count). The number of rotatable bonds is 1. The average Bonchev–Trinajstić information content (AvgIpc) is 2.60. The van der Waals surface area contributed by atoms with E-state index in [4.69, 9.17) is 5.73 Å². The maximum atomic E-state index is 14.0. The minimum atomic E-state index is -1.07. The van der Waals surface area contributed by atoms with Gasteiger partial charge in [-0.3, -0.25) is 4.90 Å². The lowest BCUT2D eigenvalue weighted by Crippen LogP contribution is -2.31. The van der Waals surface area contributed by atoms with Gasteiger partial charge in [-0.2, -0.15) is 18.7 Å². The predicted molar refractivity (Wildman–Crippen MR) is 93.2 cm³/mol. The normalized spacial score (nSPS) is 14.8. The van der Waals surface area contributed by atoms with Gasteiger partial charge in [0.1, 0.15) is 5.69 Å². The first-order valence-corrected chi connectivity index (χ1v) is 7.89. The first-order valence-electron chi connectivity index (χ1n) is 7.89. The molecule has 2 heterocycles. The van der Waals surface area contributed by atoms with Crippen LogP contribution in [0.15, 0.2) is 48.5 Å². The summed E-state index contributed by atoms with van der Waals surface area (Å²) in [4.78, 5) is 9.24. The molecule has 0 spiro atoms. The second-order valence-electron chi connectivity index (χ2n) is 6.51. The van der Waals surface area contributed by atoms with Crippen molar-refractivity contribution < 1.29 is 8.78 Å². The van der Waals surface area contributed by atoms with E-state index in [1.165, 1.54) is 0 Å². The summed E-state index contributed by atoms with van der Waals surface area (Å²) in [6, 6.07) is 15.4. The van der Waals surface area contributed by atoms with E-state index in [0.29, 0.717) is 0 Å². The molecule has 2 N–H and O–H groups in total. The molecule has 0 saturated carbocycles. The number of halogens is 2. The van der Waals surface area contributed by atoms with Gasteiger partial charge in [0.05, 0.1) is 11.4 Å². The highest BCUT2D eigenvalue weighted by molar-refractivity contribution is 5.83. The van der Waals surface area contributed by atoms with Crippen LogP contribution < -0.4 is 10.6 Å². The second-order valence-corrected chi connectivity index (χ2v) is 6.51. The Kier molecular flexibility index (Phi) is 3.25. The number of para-hydroxylation sites is 2. The molecule has 1 aliphatic rings. The smallest absolute Gasteiger partial charge is 0.244 e. The molecule has 1 aromatic heterocycles. The zero-order valence-corrected chi connectivity index (χ0v) is 13.8. The van der Waals surface area contributed by atoms with Gasteiger partial charge in [-0.25, -0.2) is 0 Å². The maximum absolute atomic E-state index is 14.0. The molecular formula is C19H16F2N4. The number of nitrogens with two attached hydrogens (primary N) is 1. The SMILES string of the molecule is CC1(C)c2ccccc2N(c2nc(F)c(N)c(F)n2)c2ccccc21. The minimum Gasteiger partial charge on any atom is -0.391 e. The van der Waals surface area contributed by atoms with Gasteiger partial charge < -0.3 is 5.73 Å². The first kappa shape index (κ1) is 15.5. The van der Waals surface area contributed by atoms with Crippen molar-refractivity contribution in [3.63, 3.8) is 0 Å². The Morgan fingerprint density at radius 3 is 1.76 bits per heavy atom. The Morgan fingerprint density at radius 2 is 1.28 bits per heavy atom. The van der Waals surface area contributed by atoms with E-state index < -0.39 is 17.6 Å². The summed E-state index contributed by atoms with van der Waals surface area (Å²) in [6.07, 6.45) is 0. The maximum Gasteiger partial charge on any atom is 0.244 e. The quantitative estimate of drug-likeness (QED) is 0.666. The largest absolute Gasteiger partial charge is 0.391 e. The average molecular weight is 338 g/mol. The molecule has 4 nitrogen and oxygen atoms in total. The third kappa shape index (κ3) is 2.17. The third-order valence-electron chi connectivity index (χ3n) is 4.68. The van der Waals surface area contributed by atoms with E-state index >= 15 is 0 Å². The molecule has 6 heteroatoms. The van der Waals surface area contributed by atoms with Crippen LogP contribution in [0.25, 0.3) is 0 Å². The molecule has 0 aliphatic carbocycles. The molecule has 3 aromatic rings. The zero-order valence-electron chi connectivity index (χ0n) is 13.8. The first-order chi connectivity index (χ1) is 11.9. The number of hydrogen-bond acceptors (Lipinski definition) is 4. The predicted octanol–water partition coefficient (Wildman–Crippen LogP) is 4.45. The van der Waals surface area contributed by atoms with Crippen LogP contribution in [0.5, 0.6) is 0 Å². The van der Waals surface area contributed by atoms with Crippen molar-refractivity contribution in [3.8, 4) is 0 Å². The van der Waals surface area contributed by atoms with E-state index in [1.54, 1.807) is 4.90 Å². The number of fused-ring (bicyclic) bond motifs is 2. The fourth-order valence-corrected chi connectivity index (χ4v) is 3.39. The number of benzene rings is 2. The Morgan fingerprint density at radius 1 is 0.840 bits per heavy atom. The highest BCUT2D eigenvalue weighted by Gasteiger charge is 2.37. The van der Waals surface area contributed by atoms with Crippen LogP contribution in [0.1, 0.15) is 25.0 Å². The Balaban J connectivity index is 2.04. The van der Waals surface area contributed by atoms with Crippen LogP contribution in [0, 0.1) is 11.9 Å². The van der Waals surface area contributed by atoms with Crippen LogP contribution in [-0.2, 0) is 5.41 Å². The minimum absolute atomic E-state index is 0.0837. The molecule has 0 unspecified atom stereocenters. The molecule has 0 bridgehead atoms. The molecule has 126 valence electrons. The molecule has 0 fully saturated rings. The van der Waals surface area contributed by atoms with Gasteiger partial charge in [-0.15, -0.1) is 0 Å². The summed E-state index contributed by atoms with van der Waals surface area (Å²) in [5.41, 5.74) is 7.99. The van der Waals surface area contributed by atoms with E-state index in [2.05, 4.69) is 23.8 Å². The van der Waals surface area contributed by atoms with Crippen molar-refractivity contribution in [1.82, 2.24) is 9.97 Å². The lowest BCUT2D eigenvalue weighted by Gasteiger charge is -2.40. The second kappa shape index (κ2) is 5.24. The number of hydrogen-bond donors (Lipinski definition) is 1. The summed E-state index contributed by atoms with van der Waals surface area (Å²) in [5.74, 6) is -2.22. The Bertz CT molecular complexity index is 912. The highest BCUT2D eigenvalue weighted by Crippen LogP contribution is 2.50. The van der Waals surface area contributed by atoms with Gasteiger partial charge in [0.25, 0.3) is 0 Å². The fraction of sp³-hybridized carbons (Fsp3) is 0.158. The summed E-state index contributed by atoms with van der Waals surface area (Å²) in [6.45, 7) is 4.24. The summed E-state index contributed by atoms with van der Waals surface area (Å²) < 4.78 is 27.9. The molecule has 2 aromatic carbocycles. The van der Waals surface area contributed by atoms with Gasteiger partial charge in [-0.05, 0) is 23.3 Å². The zero-order chi connectivity index (χ0) is 17.8. The van der Waals surface area contributed by atoms with Gasteiger partial charge in [-0.1, -0.05) is 50.2 Å². The summed E-state index contributed by atoms with van der Waals surface area (Å²) >= 11 is 0. The van der Waals surface area contributed by atoms with E-state index in [0.717, 1.165) is 22.5 Å². The van der Waals surface area contributed by atoms with Crippen LogP contribution in [0.2, 0.25) is 0 Å². The number of aromatic nitrogens is 2. The number of nitrogen functional groups attached to an aromatic ring is 1. The molecule has 0 atom stereocenters. The monoisotopic (exact) mass is 338 g/mol. The van der Waals surface area contributed by atoms with Crippen molar-refractivity contribution in [3.05, 3.63) is 71.6 Å². The summed E-state index contributed by atoms with van der Waals surface area (Å²) in [5, 5.41) is 0. The molecular weight excluding hydrogens is 322 g/mol. The molecule has 0 radical (unpaired) electrons. The van der Waals surface area contributed by atoms with Crippen LogP contribution in [0.3, 0.4) is 0 Å².